The fraction of sp³-hybridized carbons (Fsp3) is 0.148. The van der Waals surface area contributed by atoms with Crippen LogP contribution in [-0.4, -0.2) is 4.98 Å². The van der Waals surface area contributed by atoms with Crippen LogP contribution >= 0.6 is 0 Å². The van der Waals surface area contributed by atoms with Crippen molar-refractivity contribution >= 4 is 22.9 Å². The van der Waals surface area contributed by atoms with Crippen molar-refractivity contribution in [3.05, 3.63) is 88.6 Å². The van der Waals surface area contributed by atoms with Crippen molar-refractivity contribution in [2.45, 2.75) is 26.7 Å². The number of pyridine rings is 1. The molecule has 0 bridgehead atoms. The average Bonchev–Trinajstić information content (AvgIpc) is 2.74. The van der Waals surface area contributed by atoms with E-state index in [4.69, 9.17) is 4.74 Å². The van der Waals surface area contributed by atoms with Crippen LogP contribution in [0.2, 0.25) is 0 Å². The molecule has 0 radical (unpaired) electrons. The van der Waals surface area contributed by atoms with Gasteiger partial charge in [0.1, 0.15) is 11.5 Å². The highest BCUT2D eigenvalue weighted by atomic mass is 16.5. The third-order valence-corrected chi connectivity index (χ3v) is 5.48. The van der Waals surface area contributed by atoms with Crippen molar-refractivity contribution < 1.29 is 4.74 Å². The SMILES string of the molecule is Cc1cc(C)cc(Oc2c3c(c(-c4ccccc4)c4cnccc24)=CCCC=3)c1. The molecule has 0 atom stereocenters. The van der Waals surface area contributed by atoms with Crippen LogP contribution in [0.1, 0.15) is 24.0 Å². The lowest BCUT2D eigenvalue weighted by molar-refractivity contribution is 0.483. The number of fused-ring (bicyclic) bond motifs is 2. The maximum absolute atomic E-state index is 6.56. The van der Waals surface area contributed by atoms with Crippen LogP contribution in [0.3, 0.4) is 0 Å². The van der Waals surface area contributed by atoms with Crippen LogP contribution in [0.4, 0.5) is 0 Å². The van der Waals surface area contributed by atoms with Gasteiger partial charge in [0, 0.05) is 28.4 Å². The Morgan fingerprint density at radius 3 is 2.28 bits per heavy atom. The average molecular weight is 377 g/mol. The normalized spacial score (nSPS) is 12.8. The summed E-state index contributed by atoms with van der Waals surface area (Å²) in [7, 11) is 0. The number of aryl methyl sites for hydroxylation is 2. The standard InChI is InChI=1S/C27H23NO/c1-18-14-19(2)16-21(15-18)29-27-23-11-7-6-10-22(23)26(20-8-4-3-5-9-20)25-17-28-13-12-24(25)27/h3-5,8-17H,6-7H2,1-2H3. The summed E-state index contributed by atoms with van der Waals surface area (Å²) in [5.74, 6) is 1.81. The number of hydrogen-bond acceptors (Lipinski definition) is 2. The Morgan fingerprint density at radius 1 is 0.793 bits per heavy atom. The van der Waals surface area contributed by atoms with Crippen molar-refractivity contribution in [1.82, 2.24) is 4.98 Å². The van der Waals surface area contributed by atoms with Gasteiger partial charge in [0.05, 0.1) is 0 Å². The molecule has 0 saturated carbocycles. The van der Waals surface area contributed by atoms with Crippen molar-refractivity contribution in [1.29, 1.82) is 0 Å². The molecule has 1 heterocycles. The zero-order chi connectivity index (χ0) is 19.8. The van der Waals surface area contributed by atoms with E-state index in [2.05, 4.69) is 85.6 Å². The molecule has 1 aromatic heterocycles. The molecule has 0 amide bonds. The highest BCUT2D eigenvalue weighted by Gasteiger charge is 2.16. The summed E-state index contributed by atoms with van der Waals surface area (Å²) in [5, 5.41) is 4.67. The van der Waals surface area contributed by atoms with Crippen LogP contribution in [0.15, 0.2) is 67.0 Å². The molecule has 142 valence electrons. The minimum atomic E-state index is 0.884. The summed E-state index contributed by atoms with van der Waals surface area (Å²) >= 11 is 0. The third kappa shape index (κ3) is 3.21. The summed E-state index contributed by atoms with van der Waals surface area (Å²) in [6, 6.07) is 19.0. The van der Waals surface area contributed by atoms with E-state index in [-0.39, 0.29) is 0 Å². The second-order valence-electron chi connectivity index (χ2n) is 7.73. The summed E-state index contributed by atoms with van der Waals surface area (Å²) in [4.78, 5) is 4.44. The van der Waals surface area contributed by atoms with E-state index in [0.717, 1.165) is 35.1 Å². The lowest BCUT2D eigenvalue weighted by Crippen LogP contribution is -2.30. The summed E-state index contributed by atoms with van der Waals surface area (Å²) in [5.41, 5.74) is 4.87. The fourth-order valence-electron chi connectivity index (χ4n) is 4.34. The van der Waals surface area contributed by atoms with Gasteiger partial charge in [-0.05, 0) is 72.4 Å². The minimum Gasteiger partial charge on any atom is -0.456 e. The van der Waals surface area contributed by atoms with Crippen LogP contribution < -0.4 is 15.2 Å². The Bertz CT molecular complexity index is 1320. The maximum atomic E-state index is 6.56. The zero-order valence-corrected chi connectivity index (χ0v) is 16.8. The quantitative estimate of drug-likeness (QED) is 0.459. The molecule has 0 aliphatic heterocycles. The Labute approximate surface area is 170 Å². The maximum Gasteiger partial charge on any atom is 0.142 e. The predicted octanol–water partition coefficient (Wildman–Crippen LogP) is 5.67. The third-order valence-electron chi connectivity index (χ3n) is 5.48. The molecule has 1 aliphatic carbocycles. The largest absolute Gasteiger partial charge is 0.456 e. The molecular weight excluding hydrogens is 354 g/mol. The van der Waals surface area contributed by atoms with E-state index >= 15 is 0 Å². The van der Waals surface area contributed by atoms with Crippen LogP contribution in [0.25, 0.3) is 34.1 Å². The molecule has 5 rings (SSSR count). The molecule has 2 heteroatoms. The van der Waals surface area contributed by atoms with E-state index < -0.39 is 0 Å². The Hall–Kier alpha value is -3.39. The van der Waals surface area contributed by atoms with E-state index in [1.807, 2.05) is 12.4 Å². The summed E-state index contributed by atoms with van der Waals surface area (Å²) in [6.07, 6.45) is 10.6. The van der Waals surface area contributed by atoms with Crippen molar-refractivity contribution in [2.24, 2.45) is 0 Å². The number of nitrogens with zero attached hydrogens (tertiary/aromatic N) is 1. The van der Waals surface area contributed by atoms with Gasteiger partial charge >= 0.3 is 0 Å². The Balaban J connectivity index is 1.85. The highest BCUT2D eigenvalue weighted by molar-refractivity contribution is 6.00. The fourth-order valence-corrected chi connectivity index (χ4v) is 4.34. The summed E-state index contributed by atoms with van der Waals surface area (Å²) in [6.45, 7) is 4.21. The number of hydrogen-bond donors (Lipinski definition) is 0. The van der Waals surface area contributed by atoms with Crippen molar-refractivity contribution in [3.8, 4) is 22.6 Å². The highest BCUT2D eigenvalue weighted by Crippen LogP contribution is 2.32. The lowest BCUT2D eigenvalue weighted by atomic mass is 9.92. The van der Waals surface area contributed by atoms with Gasteiger partial charge in [-0.1, -0.05) is 48.6 Å². The number of rotatable bonds is 3. The number of benzene rings is 3. The van der Waals surface area contributed by atoms with Crippen molar-refractivity contribution in [3.63, 3.8) is 0 Å². The van der Waals surface area contributed by atoms with E-state index in [9.17, 15) is 0 Å². The molecule has 4 aromatic rings. The molecule has 0 N–H and O–H groups in total. The predicted molar refractivity (Wildman–Crippen MR) is 121 cm³/mol. The Morgan fingerprint density at radius 2 is 1.52 bits per heavy atom. The summed E-state index contributed by atoms with van der Waals surface area (Å²) < 4.78 is 6.56. The van der Waals surface area contributed by atoms with Crippen LogP contribution in [0, 0.1) is 13.8 Å². The zero-order valence-electron chi connectivity index (χ0n) is 16.8. The first-order valence-corrected chi connectivity index (χ1v) is 10.1. The Kier molecular flexibility index (Phi) is 4.40. The van der Waals surface area contributed by atoms with Crippen LogP contribution in [-0.2, 0) is 0 Å². The van der Waals surface area contributed by atoms with Gasteiger partial charge in [-0.15, -0.1) is 0 Å². The topological polar surface area (TPSA) is 22.1 Å². The van der Waals surface area contributed by atoms with E-state index in [0.29, 0.717) is 0 Å². The van der Waals surface area contributed by atoms with Crippen molar-refractivity contribution in [2.75, 3.05) is 0 Å². The van der Waals surface area contributed by atoms with E-state index in [1.54, 1.807) is 0 Å². The minimum absolute atomic E-state index is 0.884. The number of ether oxygens (including phenoxy) is 1. The molecule has 2 nitrogen and oxygen atoms in total. The van der Waals surface area contributed by atoms with Gasteiger partial charge in [-0.2, -0.15) is 0 Å². The monoisotopic (exact) mass is 377 g/mol. The molecule has 0 saturated heterocycles. The van der Waals surface area contributed by atoms with E-state index in [1.165, 1.54) is 32.7 Å². The molecular formula is C27H23NO. The smallest absolute Gasteiger partial charge is 0.142 e. The first-order valence-electron chi connectivity index (χ1n) is 10.1. The first kappa shape index (κ1) is 17.7. The van der Waals surface area contributed by atoms with Gasteiger partial charge < -0.3 is 4.74 Å². The first-order chi connectivity index (χ1) is 14.2. The second-order valence-corrected chi connectivity index (χ2v) is 7.73. The molecule has 0 fully saturated rings. The number of aromatic nitrogens is 1. The molecule has 0 spiro atoms. The van der Waals surface area contributed by atoms with Gasteiger partial charge in [0.2, 0.25) is 0 Å². The van der Waals surface area contributed by atoms with Gasteiger partial charge in [0.25, 0.3) is 0 Å². The van der Waals surface area contributed by atoms with Gasteiger partial charge in [-0.25, -0.2) is 0 Å². The molecule has 3 aromatic carbocycles. The van der Waals surface area contributed by atoms with Gasteiger partial charge in [-0.3, -0.25) is 4.98 Å². The second kappa shape index (κ2) is 7.21. The molecule has 29 heavy (non-hydrogen) atoms. The molecule has 0 unspecified atom stereocenters. The lowest BCUT2D eigenvalue weighted by Gasteiger charge is -2.17. The molecule has 1 aliphatic rings. The van der Waals surface area contributed by atoms with Gasteiger partial charge in [0.15, 0.2) is 0 Å². The van der Waals surface area contributed by atoms with Crippen LogP contribution in [0.5, 0.6) is 11.5 Å².